The molecule has 0 radical (unpaired) electrons. The number of benzene rings is 2. The Hall–Kier alpha value is -2.78. The van der Waals surface area contributed by atoms with Crippen molar-refractivity contribution in [1.29, 1.82) is 5.26 Å². The Bertz CT molecular complexity index is 939. The monoisotopic (exact) mass is 337 g/mol. The number of hydrogen-bond acceptors (Lipinski definition) is 5. The molecule has 5 nitrogen and oxygen atoms in total. The molecule has 120 valence electrons. The molecule has 0 bridgehead atoms. The van der Waals surface area contributed by atoms with Crippen LogP contribution in [-0.4, -0.2) is 11.1 Å². The molecule has 6 heteroatoms. The summed E-state index contributed by atoms with van der Waals surface area (Å²) in [6.45, 7) is 3.97. The number of hydrogen-bond donors (Lipinski definition) is 1. The quantitative estimate of drug-likeness (QED) is 0.570. The van der Waals surface area contributed by atoms with Crippen LogP contribution in [0.5, 0.6) is 0 Å². The highest BCUT2D eigenvalue weighted by molar-refractivity contribution is 8.03. The number of amides is 1. The molecule has 0 unspecified atom stereocenters. The zero-order valence-electron chi connectivity index (χ0n) is 13.3. The minimum Gasteiger partial charge on any atom is -0.356 e. The molecule has 0 spiro atoms. The van der Waals surface area contributed by atoms with Gasteiger partial charge in [-0.25, -0.2) is 0 Å². The lowest BCUT2D eigenvalue weighted by molar-refractivity contribution is -0.115. The maximum atomic E-state index is 12.3. The van der Waals surface area contributed by atoms with Gasteiger partial charge >= 0.3 is 0 Å². The van der Waals surface area contributed by atoms with Gasteiger partial charge in [-0.05, 0) is 67.1 Å². The highest BCUT2D eigenvalue weighted by Crippen LogP contribution is 2.24. The van der Waals surface area contributed by atoms with E-state index >= 15 is 0 Å². The minimum atomic E-state index is -0.162. The Morgan fingerprint density at radius 3 is 2.75 bits per heavy atom. The largest absolute Gasteiger partial charge is 0.356 e. The fourth-order valence-electron chi connectivity index (χ4n) is 2.58. The van der Waals surface area contributed by atoms with Crippen LogP contribution in [0, 0.1) is 24.5 Å². The maximum absolute atomic E-state index is 12.3. The second kappa shape index (κ2) is 6.77. The third-order valence-corrected chi connectivity index (χ3v) is 4.21. The number of aromatic nitrogens is 1. The van der Waals surface area contributed by atoms with Crippen molar-refractivity contribution in [3.63, 3.8) is 0 Å². The van der Waals surface area contributed by atoms with Crippen molar-refractivity contribution in [1.82, 2.24) is 5.16 Å². The molecule has 0 aliphatic rings. The SMILES string of the molecule is Cc1cc(C)c2onc(CC(=O)Nc3ccc(SC#N)cc3)c2c1. The van der Waals surface area contributed by atoms with E-state index in [-0.39, 0.29) is 12.3 Å². The summed E-state index contributed by atoms with van der Waals surface area (Å²) in [5, 5.41) is 18.4. The van der Waals surface area contributed by atoms with Crippen LogP contribution in [-0.2, 0) is 11.2 Å². The van der Waals surface area contributed by atoms with Crippen molar-refractivity contribution in [2.45, 2.75) is 25.2 Å². The fourth-order valence-corrected chi connectivity index (χ4v) is 2.96. The molecular formula is C18H15N3O2S. The molecule has 1 aromatic heterocycles. The van der Waals surface area contributed by atoms with Crippen LogP contribution in [0.4, 0.5) is 5.69 Å². The zero-order valence-corrected chi connectivity index (χ0v) is 14.1. The van der Waals surface area contributed by atoms with Crippen molar-refractivity contribution in [2.75, 3.05) is 5.32 Å². The second-order valence-electron chi connectivity index (χ2n) is 5.53. The topological polar surface area (TPSA) is 78.9 Å². The van der Waals surface area contributed by atoms with E-state index in [4.69, 9.17) is 9.78 Å². The van der Waals surface area contributed by atoms with E-state index in [1.54, 1.807) is 24.3 Å². The molecule has 1 amide bonds. The van der Waals surface area contributed by atoms with Gasteiger partial charge in [0.05, 0.1) is 6.42 Å². The van der Waals surface area contributed by atoms with Crippen LogP contribution in [0.2, 0.25) is 0 Å². The third kappa shape index (κ3) is 3.42. The third-order valence-electron chi connectivity index (χ3n) is 3.61. The summed E-state index contributed by atoms with van der Waals surface area (Å²) in [4.78, 5) is 13.1. The number of thiocyanates is 1. The molecule has 1 heterocycles. The number of carbonyl (C=O) groups excluding carboxylic acids is 1. The predicted molar refractivity (Wildman–Crippen MR) is 93.7 cm³/mol. The van der Waals surface area contributed by atoms with Crippen LogP contribution in [0.25, 0.3) is 11.0 Å². The molecule has 0 fully saturated rings. The molecule has 0 atom stereocenters. The summed E-state index contributed by atoms with van der Waals surface area (Å²) in [7, 11) is 0. The smallest absolute Gasteiger partial charge is 0.230 e. The van der Waals surface area contributed by atoms with Gasteiger partial charge in [0, 0.05) is 16.0 Å². The van der Waals surface area contributed by atoms with Crippen molar-refractivity contribution in [3.05, 3.63) is 53.2 Å². The van der Waals surface area contributed by atoms with Gasteiger partial charge in [0.15, 0.2) is 5.58 Å². The summed E-state index contributed by atoms with van der Waals surface area (Å²) in [6, 6.07) is 11.1. The van der Waals surface area contributed by atoms with Crippen LogP contribution in [0.3, 0.4) is 0 Å². The summed E-state index contributed by atoms with van der Waals surface area (Å²) in [6.07, 6.45) is 0.143. The Balaban J connectivity index is 1.74. The first kappa shape index (κ1) is 16.1. The number of carbonyl (C=O) groups is 1. The van der Waals surface area contributed by atoms with E-state index in [0.29, 0.717) is 11.4 Å². The van der Waals surface area contributed by atoms with Crippen LogP contribution in [0.15, 0.2) is 45.8 Å². The molecule has 0 aliphatic heterocycles. The molecule has 24 heavy (non-hydrogen) atoms. The number of nitriles is 1. The lowest BCUT2D eigenvalue weighted by Gasteiger charge is -2.04. The van der Waals surface area contributed by atoms with E-state index in [9.17, 15) is 4.79 Å². The number of nitrogens with zero attached hydrogens (tertiary/aromatic N) is 2. The average Bonchev–Trinajstić information content (AvgIpc) is 2.92. The average molecular weight is 337 g/mol. The van der Waals surface area contributed by atoms with Gasteiger partial charge in [-0.1, -0.05) is 11.2 Å². The Labute approximate surface area is 143 Å². The molecule has 1 N–H and O–H groups in total. The minimum absolute atomic E-state index is 0.143. The standard InChI is InChI=1S/C18H15N3O2S/c1-11-7-12(2)18-15(8-11)16(21-23-18)9-17(22)20-13-3-5-14(6-4-13)24-10-19/h3-8H,9H2,1-2H3,(H,20,22). The fraction of sp³-hybridized carbons (Fsp3) is 0.167. The molecule has 0 saturated carbocycles. The van der Waals surface area contributed by atoms with Crippen molar-refractivity contribution in [3.8, 4) is 5.40 Å². The zero-order chi connectivity index (χ0) is 17.1. The summed E-state index contributed by atoms with van der Waals surface area (Å²) in [5.74, 6) is -0.162. The van der Waals surface area contributed by atoms with Crippen molar-refractivity contribution in [2.24, 2.45) is 0 Å². The number of thioether (sulfide) groups is 1. The van der Waals surface area contributed by atoms with Gasteiger partial charge in [0.2, 0.25) is 5.91 Å². The molecular weight excluding hydrogens is 322 g/mol. The number of fused-ring (bicyclic) bond motifs is 1. The molecule has 0 saturated heterocycles. The van der Waals surface area contributed by atoms with Gasteiger partial charge in [0.1, 0.15) is 11.1 Å². The summed E-state index contributed by atoms with van der Waals surface area (Å²) >= 11 is 1.08. The Morgan fingerprint density at radius 2 is 2.04 bits per heavy atom. The molecule has 3 rings (SSSR count). The molecule has 2 aromatic carbocycles. The van der Waals surface area contributed by atoms with E-state index in [1.165, 1.54) is 0 Å². The second-order valence-corrected chi connectivity index (χ2v) is 6.39. The van der Waals surface area contributed by atoms with Gasteiger partial charge in [-0.3, -0.25) is 4.79 Å². The highest BCUT2D eigenvalue weighted by atomic mass is 32.2. The molecule has 3 aromatic rings. The van der Waals surface area contributed by atoms with Crippen molar-refractivity contribution >= 4 is 34.3 Å². The van der Waals surface area contributed by atoms with E-state index in [0.717, 1.165) is 38.8 Å². The molecule has 0 aliphatic carbocycles. The van der Waals surface area contributed by atoms with Gasteiger partial charge in [0.25, 0.3) is 0 Å². The Morgan fingerprint density at radius 1 is 1.29 bits per heavy atom. The summed E-state index contributed by atoms with van der Waals surface area (Å²) in [5.41, 5.74) is 4.15. The predicted octanol–water partition coefficient (Wildman–Crippen LogP) is 4.20. The van der Waals surface area contributed by atoms with Gasteiger partial charge in [-0.15, -0.1) is 0 Å². The van der Waals surface area contributed by atoms with E-state index < -0.39 is 0 Å². The van der Waals surface area contributed by atoms with Crippen LogP contribution in [0.1, 0.15) is 16.8 Å². The first-order chi connectivity index (χ1) is 11.6. The first-order valence-electron chi connectivity index (χ1n) is 7.38. The van der Waals surface area contributed by atoms with E-state index in [2.05, 4.69) is 10.5 Å². The Kier molecular flexibility index (Phi) is 4.54. The lowest BCUT2D eigenvalue weighted by Crippen LogP contribution is -2.14. The van der Waals surface area contributed by atoms with E-state index in [1.807, 2.05) is 31.4 Å². The number of rotatable bonds is 4. The van der Waals surface area contributed by atoms with Crippen LogP contribution >= 0.6 is 11.8 Å². The highest BCUT2D eigenvalue weighted by Gasteiger charge is 2.14. The summed E-state index contributed by atoms with van der Waals surface area (Å²) < 4.78 is 5.37. The normalized spacial score (nSPS) is 10.5. The number of aryl methyl sites for hydroxylation is 2. The van der Waals surface area contributed by atoms with Crippen molar-refractivity contribution < 1.29 is 9.32 Å². The first-order valence-corrected chi connectivity index (χ1v) is 8.20. The van der Waals surface area contributed by atoms with Gasteiger partial charge in [-0.2, -0.15) is 5.26 Å². The number of anilines is 1. The number of nitrogens with one attached hydrogen (secondary N) is 1. The van der Waals surface area contributed by atoms with Gasteiger partial charge < -0.3 is 9.84 Å². The van der Waals surface area contributed by atoms with Crippen LogP contribution < -0.4 is 5.32 Å². The maximum Gasteiger partial charge on any atom is 0.230 e. The lowest BCUT2D eigenvalue weighted by atomic mass is 10.1.